The van der Waals surface area contributed by atoms with Gasteiger partial charge in [0.05, 0.1) is 6.10 Å². The van der Waals surface area contributed by atoms with Crippen molar-refractivity contribution in [3.63, 3.8) is 0 Å². The van der Waals surface area contributed by atoms with Crippen molar-refractivity contribution >= 4 is 0 Å². The van der Waals surface area contributed by atoms with E-state index in [1.807, 2.05) is 0 Å². The molecule has 3 saturated carbocycles. The third-order valence-corrected chi connectivity index (χ3v) is 5.77. The molecule has 3 rings (SSSR count). The van der Waals surface area contributed by atoms with E-state index in [9.17, 15) is 0 Å². The van der Waals surface area contributed by atoms with Crippen LogP contribution in [0.4, 0.5) is 0 Å². The summed E-state index contributed by atoms with van der Waals surface area (Å²) in [6, 6.07) is 0.754. The highest BCUT2D eigenvalue weighted by atomic mass is 16.5. The zero-order valence-electron chi connectivity index (χ0n) is 11.6. The molecule has 0 heterocycles. The van der Waals surface area contributed by atoms with E-state index in [-0.39, 0.29) is 0 Å². The molecule has 0 saturated heterocycles. The molecule has 2 nitrogen and oxygen atoms in total. The minimum Gasteiger partial charge on any atom is -0.378 e. The third-order valence-electron chi connectivity index (χ3n) is 5.77. The van der Waals surface area contributed by atoms with Gasteiger partial charge in [-0.2, -0.15) is 0 Å². The van der Waals surface area contributed by atoms with Crippen LogP contribution in [0, 0.1) is 16.7 Å². The standard InChI is InChI=1S/C15H27NO/c1-4-17-13-8-12(15(13)6-5-7-15)16-10-11-9-14(11,2)3/h11-13,16H,4-10H2,1-3H3. The molecule has 3 aliphatic carbocycles. The average Bonchev–Trinajstić information content (AvgIpc) is 2.76. The lowest BCUT2D eigenvalue weighted by atomic mass is 9.51. The Balaban J connectivity index is 1.49. The van der Waals surface area contributed by atoms with Gasteiger partial charge in [-0.3, -0.25) is 0 Å². The van der Waals surface area contributed by atoms with E-state index in [0.29, 0.717) is 16.9 Å². The summed E-state index contributed by atoms with van der Waals surface area (Å²) in [7, 11) is 0. The average molecular weight is 237 g/mol. The van der Waals surface area contributed by atoms with Crippen molar-refractivity contribution in [2.45, 2.75) is 65.0 Å². The van der Waals surface area contributed by atoms with Gasteiger partial charge in [0.25, 0.3) is 0 Å². The van der Waals surface area contributed by atoms with E-state index >= 15 is 0 Å². The summed E-state index contributed by atoms with van der Waals surface area (Å²) in [5.74, 6) is 0.922. The van der Waals surface area contributed by atoms with E-state index < -0.39 is 0 Å². The Morgan fingerprint density at radius 1 is 1.29 bits per heavy atom. The van der Waals surface area contributed by atoms with Crippen molar-refractivity contribution in [2.75, 3.05) is 13.2 Å². The molecule has 0 aromatic rings. The smallest absolute Gasteiger partial charge is 0.0661 e. The Bertz CT molecular complexity index is 295. The Morgan fingerprint density at radius 2 is 2.00 bits per heavy atom. The van der Waals surface area contributed by atoms with Gasteiger partial charge in [0.1, 0.15) is 0 Å². The molecule has 3 aliphatic rings. The molecule has 0 amide bonds. The van der Waals surface area contributed by atoms with Crippen LogP contribution in [0.25, 0.3) is 0 Å². The maximum atomic E-state index is 5.89. The van der Waals surface area contributed by atoms with Gasteiger partial charge in [0.2, 0.25) is 0 Å². The van der Waals surface area contributed by atoms with Gasteiger partial charge in [0, 0.05) is 18.1 Å². The van der Waals surface area contributed by atoms with Gasteiger partial charge in [-0.05, 0) is 50.5 Å². The van der Waals surface area contributed by atoms with Crippen LogP contribution >= 0.6 is 0 Å². The number of ether oxygens (including phenoxy) is 1. The van der Waals surface area contributed by atoms with Crippen LogP contribution in [-0.4, -0.2) is 25.3 Å². The Kier molecular flexibility index (Phi) is 2.79. The van der Waals surface area contributed by atoms with Gasteiger partial charge in [0.15, 0.2) is 0 Å². The molecule has 0 bridgehead atoms. The minimum atomic E-state index is 0.537. The SMILES string of the molecule is CCOC1CC(NCC2CC2(C)C)C12CCC2. The molecule has 3 atom stereocenters. The Morgan fingerprint density at radius 3 is 2.47 bits per heavy atom. The normalized spacial score (nSPS) is 40.8. The fourth-order valence-corrected chi connectivity index (χ4v) is 3.93. The van der Waals surface area contributed by atoms with E-state index in [2.05, 4.69) is 26.1 Å². The molecule has 98 valence electrons. The quantitative estimate of drug-likeness (QED) is 0.793. The second kappa shape index (κ2) is 3.96. The van der Waals surface area contributed by atoms with Crippen LogP contribution in [0.15, 0.2) is 0 Å². The third kappa shape index (κ3) is 1.84. The highest BCUT2D eigenvalue weighted by molar-refractivity contribution is 5.12. The monoisotopic (exact) mass is 237 g/mol. The van der Waals surface area contributed by atoms with Crippen LogP contribution in [0.5, 0.6) is 0 Å². The first-order valence-electron chi connectivity index (χ1n) is 7.43. The van der Waals surface area contributed by atoms with Crippen molar-refractivity contribution in [1.29, 1.82) is 0 Å². The van der Waals surface area contributed by atoms with Gasteiger partial charge in [-0.25, -0.2) is 0 Å². The highest BCUT2D eigenvalue weighted by Gasteiger charge is 2.59. The summed E-state index contributed by atoms with van der Waals surface area (Å²) in [5.41, 5.74) is 1.15. The number of rotatable bonds is 5. The van der Waals surface area contributed by atoms with E-state index in [1.54, 1.807) is 0 Å². The van der Waals surface area contributed by atoms with Crippen LogP contribution in [-0.2, 0) is 4.74 Å². The fourth-order valence-electron chi connectivity index (χ4n) is 3.93. The molecule has 2 heteroatoms. The van der Waals surface area contributed by atoms with Crippen molar-refractivity contribution < 1.29 is 4.74 Å². The van der Waals surface area contributed by atoms with Crippen molar-refractivity contribution in [3.05, 3.63) is 0 Å². The number of nitrogens with one attached hydrogen (secondary N) is 1. The van der Waals surface area contributed by atoms with E-state index in [0.717, 1.165) is 18.6 Å². The van der Waals surface area contributed by atoms with Gasteiger partial charge in [-0.1, -0.05) is 20.3 Å². The first-order valence-corrected chi connectivity index (χ1v) is 7.43. The molecule has 3 fully saturated rings. The second-order valence-electron chi connectivity index (χ2n) is 7.12. The molecular formula is C15H27NO. The lowest BCUT2D eigenvalue weighted by molar-refractivity contribution is -0.172. The van der Waals surface area contributed by atoms with Crippen LogP contribution < -0.4 is 5.32 Å². The second-order valence-corrected chi connectivity index (χ2v) is 7.12. The summed E-state index contributed by atoms with van der Waals surface area (Å²) < 4.78 is 5.89. The maximum Gasteiger partial charge on any atom is 0.0661 e. The molecule has 0 aromatic carbocycles. The minimum absolute atomic E-state index is 0.537. The zero-order chi connectivity index (χ0) is 12.1. The summed E-state index contributed by atoms with van der Waals surface area (Å²) in [5, 5.41) is 3.84. The van der Waals surface area contributed by atoms with Crippen LogP contribution in [0.2, 0.25) is 0 Å². The Hall–Kier alpha value is -0.0800. The molecule has 0 aliphatic heterocycles. The molecule has 0 aromatic heterocycles. The van der Waals surface area contributed by atoms with Crippen molar-refractivity contribution in [1.82, 2.24) is 5.32 Å². The van der Waals surface area contributed by atoms with Gasteiger partial charge >= 0.3 is 0 Å². The molecule has 3 unspecified atom stereocenters. The first-order chi connectivity index (χ1) is 8.08. The first kappa shape index (κ1) is 12.0. The molecule has 1 N–H and O–H groups in total. The number of hydrogen-bond acceptors (Lipinski definition) is 2. The van der Waals surface area contributed by atoms with Crippen molar-refractivity contribution in [3.8, 4) is 0 Å². The largest absolute Gasteiger partial charge is 0.378 e. The maximum absolute atomic E-state index is 5.89. The summed E-state index contributed by atoms with van der Waals surface area (Å²) in [4.78, 5) is 0. The van der Waals surface area contributed by atoms with Gasteiger partial charge < -0.3 is 10.1 Å². The van der Waals surface area contributed by atoms with Crippen molar-refractivity contribution in [2.24, 2.45) is 16.7 Å². The zero-order valence-corrected chi connectivity index (χ0v) is 11.6. The topological polar surface area (TPSA) is 21.3 Å². The molecular weight excluding hydrogens is 210 g/mol. The lowest BCUT2D eigenvalue weighted by Crippen LogP contribution is -2.67. The van der Waals surface area contributed by atoms with Crippen LogP contribution in [0.3, 0.4) is 0 Å². The predicted octanol–water partition coefficient (Wildman–Crippen LogP) is 2.97. The Labute approximate surface area is 105 Å². The lowest BCUT2D eigenvalue weighted by Gasteiger charge is -2.61. The predicted molar refractivity (Wildman–Crippen MR) is 70.0 cm³/mol. The molecule has 0 radical (unpaired) electrons. The van der Waals surface area contributed by atoms with E-state index in [1.165, 1.54) is 38.6 Å². The highest BCUT2D eigenvalue weighted by Crippen LogP contribution is 2.58. The van der Waals surface area contributed by atoms with Crippen LogP contribution in [0.1, 0.15) is 52.9 Å². The van der Waals surface area contributed by atoms with E-state index in [4.69, 9.17) is 4.74 Å². The number of hydrogen-bond donors (Lipinski definition) is 1. The molecule has 1 spiro atoms. The summed E-state index contributed by atoms with van der Waals surface area (Å²) in [6.45, 7) is 9.03. The molecule has 17 heavy (non-hydrogen) atoms. The summed E-state index contributed by atoms with van der Waals surface area (Å²) in [6.07, 6.45) is 7.42. The summed E-state index contributed by atoms with van der Waals surface area (Å²) >= 11 is 0. The van der Waals surface area contributed by atoms with Gasteiger partial charge in [-0.15, -0.1) is 0 Å². The fraction of sp³-hybridized carbons (Fsp3) is 1.00.